The van der Waals surface area contributed by atoms with Crippen LogP contribution in [-0.4, -0.2) is 16.9 Å². The van der Waals surface area contributed by atoms with Crippen molar-refractivity contribution in [2.75, 3.05) is 0 Å². The lowest BCUT2D eigenvalue weighted by Crippen LogP contribution is -2.36. The van der Waals surface area contributed by atoms with E-state index in [1.54, 1.807) is 13.0 Å². The zero-order chi connectivity index (χ0) is 18.1. The molecule has 2 aromatic carbocycles. The van der Waals surface area contributed by atoms with Crippen molar-refractivity contribution >= 4 is 16.8 Å². The fraction of sp³-hybridized carbons (Fsp3) is 0.318. The lowest BCUT2D eigenvalue weighted by Gasteiger charge is -2.22. The largest absolute Gasteiger partial charge is 0.351 e. The maximum absolute atomic E-state index is 13.5. The van der Waals surface area contributed by atoms with Crippen molar-refractivity contribution in [1.29, 1.82) is 0 Å². The van der Waals surface area contributed by atoms with Gasteiger partial charge in [0.25, 0.3) is 5.91 Å². The van der Waals surface area contributed by atoms with Crippen molar-refractivity contribution in [3.05, 3.63) is 59.5 Å². The highest BCUT2D eigenvalue weighted by molar-refractivity contribution is 5.99. The first kappa shape index (κ1) is 16.8. The highest BCUT2D eigenvalue weighted by Crippen LogP contribution is 2.26. The van der Waals surface area contributed by atoms with Crippen LogP contribution in [0.5, 0.6) is 0 Å². The zero-order valence-corrected chi connectivity index (χ0v) is 14.9. The van der Waals surface area contributed by atoms with E-state index in [9.17, 15) is 9.18 Å². The molecule has 1 aliphatic rings. The van der Waals surface area contributed by atoms with E-state index in [1.165, 1.54) is 25.3 Å². The number of fused-ring (bicyclic) bond motifs is 1. The number of hydrogen-bond acceptors (Lipinski definition) is 1. The minimum atomic E-state index is -0.196. The summed E-state index contributed by atoms with van der Waals surface area (Å²) in [5.41, 5.74) is 4.14. The van der Waals surface area contributed by atoms with Gasteiger partial charge in [0.2, 0.25) is 0 Å². The van der Waals surface area contributed by atoms with Crippen molar-refractivity contribution in [3.63, 3.8) is 0 Å². The van der Waals surface area contributed by atoms with Crippen LogP contribution in [0.3, 0.4) is 0 Å². The summed E-state index contributed by atoms with van der Waals surface area (Å²) >= 11 is 0. The molecule has 0 bridgehead atoms. The Bertz CT molecular complexity index is 954. The molecule has 1 aliphatic carbocycles. The second-order valence-electron chi connectivity index (χ2n) is 7.26. The molecule has 2 N–H and O–H groups in total. The minimum absolute atomic E-state index is 0.0349. The predicted octanol–water partition coefficient (Wildman–Crippen LogP) is 5.34. The molecule has 0 atom stereocenters. The van der Waals surface area contributed by atoms with Gasteiger partial charge in [-0.25, -0.2) is 4.39 Å². The number of rotatable bonds is 3. The average molecular weight is 350 g/mol. The predicted molar refractivity (Wildman–Crippen MR) is 103 cm³/mol. The van der Waals surface area contributed by atoms with Crippen LogP contribution in [0.4, 0.5) is 4.39 Å². The van der Waals surface area contributed by atoms with Gasteiger partial charge in [0.1, 0.15) is 11.5 Å². The monoisotopic (exact) mass is 350 g/mol. The lowest BCUT2D eigenvalue weighted by atomic mass is 9.95. The van der Waals surface area contributed by atoms with Gasteiger partial charge in [-0.1, -0.05) is 31.4 Å². The van der Waals surface area contributed by atoms with E-state index in [2.05, 4.69) is 10.3 Å². The molecule has 0 unspecified atom stereocenters. The Morgan fingerprint density at radius 1 is 1.04 bits per heavy atom. The second-order valence-corrected chi connectivity index (χ2v) is 7.26. The van der Waals surface area contributed by atoms with Crippen molar-refractivity contribution in [2.24, 2.45) is 0 Å². The Morgan fingerprint density at radius 3 is 2.54 bits per heavy atom. The number of benzene rings is 2. The molecular formula is C22H23FN2O. The summed E-state index contributed by atoms with van der Waals surface area (Å²) in [7, 11) is 0. The topological polar surface area (TPSA) is 44.9 Å². The summed E-state index contributed by atoms with van der Waals surface area (Å²) in [5, 5.41) is 4.13. The van der Waals surface area contributed by atoms with Gasteiger partial charge < -0.3 is 10.3 Å². The molecule has 4 rings (SSSR count). The third-order valence-electron chi connectivity index (χ3n) is 5.30. The van der Waals surface area contributed by atoms with Gasteiger partial charge in [0, 0.05) is 16.9 Å². The van der Waals surface area contributed by atoms with E-state index in [1.807, 2.05) is 30.3 Å². The standard InChI is InChI=1S/C22H23FN2O/c1-14-11-15(7-9-19(14)23)16-8-10-20-17(12-16)13-21(25-20)22(26)24-18-5-3-2-4-6-18/h7-13,18,25H,2-6H2,1H3,(H,24,26). The number of carbonyl (C=O) groups excluding carboxylic acids is 1. The maximum Gasteiger partial charge on any atom is 0.267 e. The Hall–Kier alpha value is -2.62. The Labute approximate surface area is 152 Å². The third-order valence-corrected chi connectivity index (χ3v) is 5.30. The highest BCUT2D eigenvalue weighted by Gasteiger charge is 2.18. The number of aryl methyl sites for hydroxylation is 1. The second kappa shape index (κ2) is 6.94. The van der Waals surface area contributed by atoms with E-state index < -0.39 is 0 Å². The third kappa shape index (κ3) is 3.36. The number of aromatic amines is 1. The van der Waals surface area contributed by atoms with Gasteiger partial charge in [0.05, 0.1) is 0 Å². The lowest BCUT2D eigenvalue weighted by molar-refractivity contribution is 0.0923. The fourth-order valence-corrected chi connectivity index (χ4v) is 3.77. The normalized spacial score (nSPS) is 15.3. The first-order valence-electron chi connectivity index (χ1n) is 9.30. The van der Waals surface area contributed by atoms with Gasteiger partial charge in [-0.05, 0) is 66.8 Å². The number of amides is 1. The Balaban J connectivity index is 1.59. The summed E-state index contributed by atoms with van der Waals surface area (Å²) in [6.45, 7) is 1.77. The molecule has 0 spiro atoms. The summed E-state index contributed by atoms with van der Waals surface area (Å²) in [6.07, 6.45) is 5.79. The fourth-order valence-electron chi connectivity index (χ4n) is 3.77. The van der Waals surface area contributed by atoms with E-state index in [0.29, 0.717) is 17.3 Å². The quantitative estimate of drug-likeness (QED) is 0.657. The molecule has 1 fully saturated rings. The Kier molecular flexibility index (Phi) is 4.49. The number of halogens is 1. The van der Waals surface area contributed by atoms with E-state index >= 15 is 0 Å². The molecule has 0 saturated heterocycles. The SMILES string of the molecule is Cc1cc(-c2ccc3[nH]c(C(=O)NC4CCCCC4)cc3c2)ccc1F. The molecule has 1 heterocycles. The summed E-state index contributed by atoms with van der Waals surface area (Å²) < 4.78 is 13.5. The van der Waals surface area contributed by atoms with Crippen LogP contribution < -0.4 is 5.32 Å². The van der Waals surface area contributed by atoms with Crippen LogP contribution in [0.15, 0.2) is 42.5 Å². The average Bonchev–Trinajstić information content (AvgIpc) is 3.08. The van der Waals surface area contributed by atoms with Crippen LogP contribution in [0.2, 0.25) is 0 Å². The van der Waals surface area contributed by atoms with Crippen molar-refractivity contribution in [2.45, 2.75) is 45.1 Å². The van der Waals surface area contributed by atoms with Crippen LogP contribution in [0.1, 0.15) is 48.2 Å². The minimum Gasteiger partial charge on any atom is -0.351 e. The van der Waals surface area contributed by atoms with Crippen LogP contribution >= 0.6 is 0 Å². The van der Waals surface area contributed by atoms with Gasteiger partial charge >= 0.3 is 0 Å². The maximum atomic E-state index is 13.5. The number of nitrogens with one attached hydrogen (secondary N) is 2. The van der Waals surface area contributed by atoms with E-state index in [0.717, 1.165) is 34.9 Å². The first-order valence-corrected chi connectivity index (χ1v) is 9.30. The van der Waals surface area contributed by atoms with Crippen LogP contribution in [-0.2, 0) is 0 Å². The molecule has 0 aliphatic heterocycles. The van der Waals surface area contributed by atoms with E-state index in [4.69, 9.17) is 0 Å². The van der Waals surface area contributed by atoms with Gasteiger partial charge in [-0.15, -0.1) is 0 Å². The zero-order valence-electron chi connectivity index (χ0n) is 14.9. The summed E-state index contributed by atoms with van der Waals surface area (Å²) in [4.78, 5) is 15.7. The number of carbonyl (C=O) groups is 1. The highest BCUT2D eigenvalue weighted by atomic mass is 19.1. The molecule has 1 amide bonds. The smallest absolute Gasteiger partial charge is 0.267 e. The molecule has 1 saturated carbocycles. The van der Waals surface area contributed by atoms with E-state index in [-0.39, 0.29) is 11.7 Å². The van der Waals surface area contributed by atoms with Crippen molar-refractivity contribution < 1.29 is 9.18 Å². The molecule has 134 valence electrons. The molecule has 0 radical (unpaired) electrons. The van der Waals surface area contributed by atoms with Gasteiger partial charge in [-0.3, -0.25) is 4.79 Å². The Morgan fingerprint density at radius 2 is 1.77 bits per heavy atom. The number of aromatic nitrogens is 1. The number of H-pyrrole nitrogens is 1. The number of hydrogen-bond donors (Lipinski definition) is 2. The van der Waals surface area contributed by atoms with Crippen molar-refractivity contribution in [3.8, 4) is 11.1 Å². The van der Waals surface area contributed by atoms with Gasteiger partial charge in [0.15, 0.2) is 0 Å². The summed E-state index contributed by atoms with van der Waals surface area (Å²) in [5.74, 6) is -0.231. The van der Waals surface area contributed by atoms with Crippen LogP contribution in [0, 0.1) is 12.7 Å². The molecular weight excluding hydrogens is 327 g/mol. The molecule has 4 heteroatoms. The molecule has 3 aromatic rings. The molecule has 3 nitrogen and oxygen atoms in total. The molecule has 26 heavy (non-hydrogen) atoms. The van der Waals surface area contributed by atoms with Gasteiger partial charge in [-0.2, -0.15) is 0 Å². The van der Waals surface area contributed by atoms with Crippen LogP contribution in [0.25, 0.3) is 22.0 Å². The summed E-state index contributed by atoms with van der Waals surface area (Å²) in [6, 6.07) is 13.3. The van der Waals surface area contributed by atoms with Crippen molar-refractivity contribution in [1.82, 2.24) is 10.3 Å². The first-order chi connectivity index (χ1) is 12.6. The molecule has 1 aromatic heterocycles.